The number of hydrogen-bond donors (Lipinski definition) is 2. The number of carbonyl (C=O) groups is 2. The smallest absolute Gasteiger partial charge is 0.341 e. The van der Waals surface area contributed by atoms with Crippen LogP contribution in [-0.2, 0) is 22.4 Å². The minimum absolute atomic E-state index is 0.135. The second kappa shape index (κ2) is 9.32. The number of ether oxygens (including phenoxy) is 1. The van der Waals surface area contributed by atoms with Gasteiger partial charge >= 0.3 is 5.97 Å². The van der Waals surface area contributed by atoms with Gasteiger partial charge in [-0.2, -0.15) is 0 Å². The predicted octanol–water partition coefficient (Wildman–Crippen LogP) is 4.59. The maximum atomic E-state index is 12.4. The molecule has 146 valence electrons. The minimum Gasteiger partial charge on any atom is -0.462 e. The summed E-state index contributed by atoms with van der Waals surface area (Å²) in [6, 6.07) is 7.11. The Morgan fingerprint density at radius 1 is 1.29 bits per heavy atom. The lowest BCUT2D eigenvalue weighted by Gasteiger charge is -2.10. The molecular weight excluding hydrogens is 416 g/mol. The van der Waals surface area contributed by atoms with Crippen LogP contribution in [0.4, 0.5) is 5.00 Å². The molecule has 1 aromatic heterocycles. The van der Waals surface area contributed by atoms with E-state index in [9.17, 15) is 9.59 Å². The number of fused-ring (bicyclic) bond motifs is 1. The fourth-order valence-electron chi connectivity index (χ4n) is 2.95. The number of anilines is 1. The van der Waals surface area contributed by atoms with Crippen LogP contribution in [0, 0.1) is 0 Å². The zero-order valence-electron chi connectivity index (χ0n) is 15.2. The highest BCUT2D eigenvalue weighted by atomic mass is 35.5. The van der Waals surface area contributed by atoms with Crippen molar-refractivity contribution < 1.29 is 14.3 Å². The molecule has 0 aliphatic heterocycles. The normalized spacial score (nSPS) is 12.6. The molecule has 0 fully saturated rings. The lowest BCUT2D eigenvalue weighted by Crippen LogP contribution is -2.33. The Kier molecular flexibility index (Phi) is 6.83. The largest absolute Gasteiger partial charge is 0.462 e. The van der Waals surface area contributed by atoms with Crippen LogP contribution in [0.15, 0.2) is 30.3 Å². The zero-order valence-corrected chi connectivity index (χ0v) is 17.6. The third-order valence-corrected chi connectivity index (χ3v) is 5.83. The van der Waals surface area contributed by atoms with Gasteiger partial charge in [0, 0.05) is 16.0 Å². The summed E-state index contributed by atoms with van der Waals surface area (Å²) in [7, 11) is 0. The number of esters is 1. The van der Waals surface area contributed by atoms with Crippen molar-refractivity contribution >= 4 is 63.2 Å². The van der Waals surface area contributed by atoms with E-state index in [0.717, 1.165) is 30.4 Å². The molecule has 1 aromatic carbocycles. The highest BCUT2D eigenvalue weighted by Crippen LogP contribution is 2.39. The average Bonchev–Trinajstić information content (AvgIpc) is 3.21. The summed E-state index contributed by atoms with van der Waals surface area (Å²) < 4.78 is 5.19. The summed E-state index contributed by atoms with van der Waals surface area (Å²) in [5.74, 6) is -0.726. The van der Waals surface area contributed by atoms with Crippen molar-refractivity contribution in [2.45, 2.75) is 26.2 Å². The van der Waals surface area contributed by atoms with E-state index in [2.05, 4.69) is 10.6 Å². The van der Waals surface area contributed by atoms with Gasteiger partial charge < -0.3 is 10.1 Å². The van der Waals surface area contributed by atoms with Gasteiger partial charge in [-0.1, -0.05) is 23.7 Å². The lowest BCUT2D eigenvalue weighted by molar-refractivity contribution is -0.115. The first-order valence-corrected chi connectivity index (χ1v) is 10.5. The average molecular weight is 435 g/mol. The number of aryl methyl sites for hydroxylation is 1. The van der Waals surface area contributed by atoms with Crippen molar-refractivity contribution in [2.24, 2.45) is 0 Å². The number of hydrogen-bond acceptors (Lipinski definition) is 5. The number of benzene rings is 1. The molecule has 0 unspecified atom stereocenters. The molecule has 0 radical (unpaired) electrons. The number of thiophene rings is 1. The predicted molar refractivity (Wildman–Crippen MR) is 117 cm³/mol. The third kappa shape index (κ3) is 4.98. The van der Waals surface area contributed by atoms with E-state index in [-0.39, 0.29) is 17.0 Å². The molecule has 5 nitrogen and oxygen atoms in total. The monoisotopic (exact) mass is 434 g/mol. The van der Waals surface area contributed by atoms with Gasteiger partial charge in [0.2, 0.25) is 5.91 Å². The van der Waals surface area contributed by atoms with Crippen LogP contribution < -0.4 is 10.6 Å². The van der Waals surface area contributed by atoms with Gasteiger partial charge in [-0.05, 0) is 67.7 Å². The van der Waals surface area contributed by atoms with Crippen molar-refractivity contribution in [3.8, 4) is 0 Å². The van der Waals surface area contributed by atoms with Crippen molar-refractivity contribution in [1.29, 1.82) is 0 Å². The topological polar surface area (TPSA) is 67.4 Å². The molecule has 0 saturated heterocycles. The molecule has 0 bridgehead atoms. The molecule has 0 spiro atoms. The molecule has 1 heterocycles. The third-order valence-electron chi connectivity index (χ3n) is 4.16. The number of halogens is 1. The first-order valence-electron chi connectivity index (χ1n) is 8.85. The second-order valence-corrected chi connectivity index (χ2v) is 8.06. The quantitative estimate of drug-likeness (QED) is 0.409. The molecule has 0 saturated carbocycles. The fraction of sp³-hybridized carbons (Fsp3) is 0.250. The summed E-state index contributed by atoms with van der Waals surface area (Å²) in [5.41, 5.74) is 2.41. The minimum atomic E-state index is -0.366. The van der Waals surface area contributed by atoms with Gasteiger partial charge in [-0.25, -0.2) is 4.79 Å². The van der Waals surface area contributed by atoms with Crippen molar-refractivity contribution in [1.82, 2.24) is 5.32 Å². The van der Waals surface area contributed by atoms with Crippen LogP contribution in [0.3, 0.4) is 0 Å². The standard InChI is InChI=1S/C20H19ClN2O3S2/c1-2-26-19(25)17-14-4-3-5-15(14)28-18(17)23-20(27)22-16(24)11-8-12-6-9-13(21)10-7-12/h6-11H,2-5H2,1H3,(H2,22,23,24,27)/b11-8+. The maximum absolute atomic E-state index is 12.4. The van der Waals surface area contributed by atoms with E-state index < -0.39 is 0 Å². The first-order chi connectivity index (χ1) is 13.5. The summed E-state index contributed by atoms with van der Waals surface area (Å²) in [6.07, 6.45) is 5.88. The Bertz CT molecular complexity index is 936. The van der Waals surface area contributed by atoms with Crippen LogP contribution >= 0.6 is 35.2 Å². The Labute approximate surface area is 177 Å². The van der Waals surface area contributed by atoms with Gasteiger partial charge in [0.05, 0.1) is 12.2 Å². The number of rotatable bonds is 5. The van der Waals surface area contributed by atoms with Crippen molar-refractivity contribution in [2.75, 3.05) is 11.9 Å². The molecule has 0 atom stereocenters. The Morgan fingerprint density at radius 3 is 2.75 bits per heavy atom. The molecule has 28 heavy (non-hydrogen) atoms. The van der Waals surface area contributed by atoms with Gasteiger partial charge in [-0.15, -0.1) is 11.3 Å². The van der Waals surface area contributed by atoms with E-state index in [1.54, 1.807) is 25.1 Å². The first kappa shape index (κ1) is 20.5. The molecule has 1 aliphatic carbocycles. The van der Waals surface area contributed by atoms with E-state index in [1.807, 2.05) is 12.1 Å². The Balaban J connectivity index is 1.65. The number of thiocarbonyl (C=S) groups is 1. The van der Waals surface area contributed by atoms with Gasteiger partial charge in [0.1, 0.15) is 5.00 Å². The number of carbonyl (C=O) groups excluding carboxylic acids is 2. The molecular formula is C20H19ClN2O3S2. The molecule has 2 aromatic rings. The molecule has 2 N–H and O–H groups in total. The van der Waals surface area contributed by atoms with Crippen LogP contribution in [0.5, 0.6) is 0 Å². The van der Waals surface area contributed by atoms with Gasteiger partial charge in [0.25, 0.3) is 0 Å². The van der Waals surface area contributed by atoms with E-state index >= 15 is 0 Å². The molecule has 1 aliphatic rings. The molecule has 3 rings (SSSR count). The summed E-state index contributed by atoms with van der Waals surface area (Å²) in [6.45, 7) is 2.08. The SMILES string of the molecule is CCOC(=O)c1c(NC(=S)NC(=O)/C=C/c2ccc(Cl)cc2)sc2c1CCC2. The zero-order chi connectivity index (χ0) is 20.1. The summed E-state index contributed by atoms with van der Waals surface area (Å²) >= 11 is 12.6. The van der Waals surface area contributed by atoms with Crippen LogP contribution in [0.2, 0.25) is 5.02 Å². The van der Waals surface area contributed by atoms with E-state index in [4.69, 9.17) is 28.6 Å². The van der Waals surface area contributed by atoms with Crippen LogP contribution in [0.1, 0.15) is 39.7 Å². The summed E-state index contributed by atoms with van der Waals surface area (Å²) in [4.78, 5) is 25.6. The Morgan fingerprint density at radius 2 is 2.04 bits per heavy atom. The maximum Gasteiger partial charge on any atom is 0.341 e. The van der Waals surface area contributed by atoms with E-state index in [1.165, 1.54) is 22.3 Å². The number of nitrogens with one attached hydrogen (secondary N) is 2. The van der Waals surface area contributed by atoms with Crippen molar-refractivity contribution in [3.63, 3.8) is 0 Å². The van der Waals surface area contributed by atoms with Gasteiger partial charge in [-0.3, -0.25) is 10.1 Å². The summed E-state index contributed by atoms with van der Waals surface area (Å²) in [5, 5.41) is 6.97. The van der Waals surface area contributed by atoms with Crippen molar-refractivity contribution in [3.05, 3.63) is 56.9 Å². The molecule has 1 amide bonds. The van der Waals surface area contributed by atoms with E-state index in [0.29, 0.717) is 22.2 Å². The Hall–Kier alpha value is -2.22. The van der Waals surface area contributed by atoms with Crippen LogP contribution in [-0.4, -0.2) is 23.6 Å². The van der Waals surface area contributed by atoms with Crippen LogP contribution in [0.25, 0.3) is 6.08 Å². The second-order valence-electron chi connectivity index (χ2n) is 6.11. The molecule has 8 heteroatoms. The van der Waals surface area contributed by atoms with Gasteiger partial charge in [0.15, 0.2) is 5.11 Å². The number of amides is 1. The highest BCUT2D eigenvalue weighted by molar-refractivity contribution is 7.80. The lowest BCUT2D eigenvalue weighted by atomic mass is 10.1. The highest BCUT2D eigenvalue weighted by Gasteiger charge is 2.27. The fourth-order valence-corrected chi connectivity index (χ4v) is 4.62.